The Hall–Kier alpha value is -0.840. The number of nitrogens with one attached hydrogen (secondary N) is 1. The topological polar surface area (TPSA) is 55.1 Å². The molecule has 0 radical (unpaired) electrons. The normalized spacial score (nSPS) is 22.6. The first-order chi connectivity index (χ1) is 9.52. The van der Waals surface area contributed by atoms with E-state index in [-0.39, 0.29) is 33.5 Å². The van der Waals surface area contributed by atoms with Gasteiger partial charge in [0.25, 0.3) is 5.91 Å². The van der Waals surface area contributed by atoms with Gasteiger partial charge in [-0.15, -0.1) is 0 Å². The summed E-state index contributed by atoms with van der Waals surface area (Å²) in [5, 5.41) is 2.96. The second-order valence-electron chi connectivity index (χ2n) is 5.11. The molecule has 2 rings (SSSR count). The number of hydrogen-bond donors (Lipinski definition) is 2. The molecule has 3 nitrogen and oxygen atoms in total. The Labute approximate surface area is 127 Å². The van der Waals surface area contributed by atoms with E-state index in [4.69, 9.17) is 28.9 Å². The third kappa shape index (κ3) is 3.43. The second-order valence-corrected chi connectivity index (χ2v) is 5.92. The summed E-state index contributed by atoms with van der Waals surface area (Å²) >= 11 is 11.6. The van der Waals surface area contributed by atoms with Crippen LogP contribution in [0.4, 0.5) is 4.39 Å². The van der Waals surface area contributed by atoms with Crippen LogP contribution < -0.4 is 11.1 Å². The van der Waals surface area contributed by atoms with Crippen molar-refractivity contribution >= 4 is 29.1 Å². The van der Waals surface area contributed by atoms with Gasteiger partial charge in [-0.25, -0.2) is 4.39 Å². The molecule has 6 heteroatoms. The van der Waals surface area contributed by atoms with E-state index in [1.54, 1.807) is 0 Å². The summed E-state index contributed by atoms with van der Waals surface area (Å²) in [6.07, 6.45) is 4.08. The molecule has 2 unspecified atom stereocenters. The van der Waals surface area contributed by atoms with Crippen LogP contribution in [0, 0.1) is 11.7 Å². The summed E-state index contributed by atoms with van der Waals surface area (Å²) in [6, 6.07) is 2.34. The van der Waals surface area contributed by atoms with Crippen molar-refractivity contribution in [3.63, 3.8) is 0 Å². The van der Waals surface area contributed by atoms with Crippen LogP contribution in [0.1, 0.15) is 36.0 Å². The average Bonchev–Trinajstić information content (AvgIpc) is 2.43. The minimum Gasteiger partial charge on any atom is -0.349 e. The number of halogens is 3. The number of nitrogens with two attached hydrogens (primary N) is 1. The van der Waals surface area contributed by atoms with Crippen LogP contribution in [0.2, 0.25) is 10.0 Å². The van der Waals surface area contributed by atoms with Crippen molar-refractivity contribution in [1.82, 2.24) is 5.32 Å². The molecule has 1 aromatic carbocycles. The van der Waals surface area contributed by atoms with E-state index in [2.05, 4.69) is 5.32 Å². The van der Waals surface area contributed by atoms with Crippen molar-refractivity contribution in [2.75, 3.05) is 6.54 Å². The maximum absolute atomic E-state index is 13.5. The van der Waals surface area contributed by atoms with Gasteiger partial charge in [0.15, 0.2) is 0 Å². The summed E-state index contributed by atoms with van der Waals surface area (Å²) < 4.78 is 13.5. The van der Waals surface area contributed by atoms with Gasteiger partial charge in [-0.3, -0.25) is 4.79 Å². The van der Waals surface area contributed by atoms with Gasteiger partial charge in [-0.1, -0.05) is 36.0 Å². The Morgan fingerprint density at radius 2 is 2.00 bits per heavy atom. The van der Waals surface area contributed by atoms with Crippen molar-refractivity contribution in [1.29, 1.82) is 0 Å². The zero-order chi connectivity index (χ0) is 14.7. The molecule has 0 bridgehead atoms. The SMILES string of the molecule is NCC1CCCCC1NC(=O)c1cc(F)c(Cl)cc1Cl. The first-order valence-electron chi connectivity index (χ1n) is 6.68. The standard InChI is InChI=1S/C14H17Cl2FN2O/c15-10-6-11(16)12(17)5-9(10)14(20)19-13-4-2-1-3-8(13)7-18/h5-6,8,13H,1-4,7,18H2,(H,19,20). The van der Waals surface area contributed by atoms with Gasteiger partial charge in [-0.2, -0.15) is 0 Å². The highest BCUT2D eigenvalue weighted by molar-refractivity contribution is 6.36. The molecule has 0 aliphatic heterocycles. The summed E-state index contributed by atoms with van der Waals surface area (Å²) in [6.45, 7) is 0.535. The molecule has 1 aromatic rings. The molecular weight excluding hydrogens is 302 g/mol. The molecule has 1 fully saturated rings. The Bertz CT molecular complexity index is 510. The fraction of sp³-hybridized carbons (Fsp3) is 0.500. The molecule has 0 aromatic heterocycles. The second kappa shape index (κ2) is 6.74. The van der Waals surface area contributed by atoms with Crippen LogP contribution in [-0.2, 0) is 0 Å². The quantitative estimate of drug-likeness (QED) is 0.839. The first kappa shape index (κ1) is 15.5. The smallest absolute Gasteiger partial charge is 0.253 e. The fourth-order valence-electron chi connectivity index (χ4n) is 2.62. The average molecular weight is 319 g/mol. The minimum absolute atomic E-state index is 0.0241. The Morgan fingerprint density at radius 1 is 1.30 bits per heavy atom. The van der Waals surface area contributed by atoms with Crippen LogP contribution in [0.15, 0.2) is 12.1 Å². The van der Waals surface area contributed by atoms with Crippen LogP contribution in [-0.4, -0.2) is 18.5 Å². The molecule has 1 aliphatic carbocycles. The van der Waals surface area contributed by atoms with Gasteiger partial charge < -0.3 is 11.1 Å². The van der Waals surface area contributed by atoms with Crippen LogP contribution in [0.25, 0.3) is 0 Å². The van der Waals surface area contributed by atoms with Crippen molar-refractivity contribution < 1.29 is 9.18 Å². The number of hydrogen-bond acceptors (Lipinski definition) is 2. The molecule has 110 valence electrons. The highest BCUT2D eigenvalue weighted by Gasteiger charge is 2.26. The van der Waals surface area contributed by atoms with Gasteiger partial charge >= 0.3 is 0 Å². The summed E-state index contributed by atoms with van der Waals surface area (Å²) in [7, 11) is 0. The van der Waals surface area contributed by atoms with Gasteiger partial charge in [-0.05, 0) is 37.4 Å². The van der Waals surface area contributed by atoms with E-state index in [0.717, 1.165) is 31.7 Å². The van der Waals surface area contributed by atoms with E-state index < -0.39 is 5.82 Å². The molecule has 0 saturated heterocycles. The summed E-state index contributed by atoms with van der Waals surface area (Å²) in [4.78, 5) is 12.2. The predicted octanol–water partition coefficient (Wildman–Crippen LogP) is 3.38. The lowest BCUT2D eigenvalue weighted by Crippen LogP contribution is -2.44. The Morgan fingerprint density at radius 3 is 2.70 bits per heavy atom. The number of carbonyl (C=O) groups excluding carboxylic acids is 1. The first-order valence-corrected chi connectivity index (χ1v) is 7.44. The maximum Gasteiger partial charge on any atom is 0.253 e. The third-order valence-electron chi connectivity index (χ3n) is 3.78. The molecule has 1 amide bonds. The zero-order valence-electron chi connectivity index (χ0n) is 11.0. The van der Waals surface area contributed by atoms with E-state index >= 15 is 0 Å². The van der Waals surface area contributed by atoms with Gasteiger partial charge in [0.05, 0.1) is 15.6 Å². The number of benzene rings is 1. The molecule has 1 saturated carbocycles. The van der Waals surface area contributed by atoms with E-state index in [1.807, 2.05) is 0 Å². The van der Waals surface area contributed by atoms with E-state index in [1.165, 1.54) is 6.07 Å². The zero-order valence-corrected chi connectivity index (χ0v) is 12.5. The summed E-state index contributed by atoms with van der Waals surface area (Å²) in [5.74, 6) is -0.764. The number of amides is 1. The lowest BCUT2D eigenvalue weighted by atomic mass is 9.84. The molecule has 1 aliphatic rings. The van der Waals surface area contributed by atoms with Gasteiger partial charge in [0.2, 0.25) is 0 Å². The maximum atomic E-state index is 13.5. The minimum atomic E-state index is -0.653. The predicted molar refractivity (Wildman–Crippen MR) is 78.7 cm³/mol. The van der Waals surface area contributed by atoms with Crippen LogP contribution >= 0.6 is 23.2 Å². The largest absolute Gasteiger partial charge is 0.349 e. The highest BCUT2D eigenvalue weighted by Crippen LogP contribution is 2.26. The molecule has 0 spiro atoms. The van der Waals surface area contributed by atoms with Crippen LogP contribution in [0.5, 0.6) is 0 Å². The van der Waals surface area contributed by atoms with Crippen molar-refractivity contribution in [2.24, 2.45) is 11.7 Å². The summed E-state index contributed by atoms with van der Waals surface area (Å²) in [5.41, 5.74) is 5.83. The molecular formula is C14H17Cl2FN2O. The monoisotopic (exact) mass is 318 g/mol. The molecule has 20 heavy (non-hydrogen) atoms. The van der Waals surface area contributed by atoms with E-state index in [0.29, 0.717) is 6.54 Å². The molecule has 0 heterocycles. The third-order valence-corrected chi connectivity index (χ3v) is 4.39. The molecule has 2 atom stereocenters. The van der Waals surface area contributed by atoms with Crippen LogP contribution in [0.3, 0.4) is 0 Å². The van der Waals surface area contributed by atoms with Crippen molar-refractivity contribution in [2.45, 2.75) is 31.7 Å². The number of carbonyl (C=O) groups is 1. The Kier molecular flexibility index (Phi) is 5.24. The van der Waals surface area contributed by atoms with Gasteiger partial charge in [0, 0.05) is 6.04 Å². The van der Waals surface area contributed by atoms with Crippen molar-refractivity contribution in [3.05, 3.63) is 33.6 Å². The van der Waals surface area contributed by atoms with Gasteiger partial charge in [0.1, 0.15) is 5.82 Å². The number of rotatable bonds is 3. The highest BCUT2D eigenvalue weighted by atomic mass is 35.5. The Balaban J connectivity index is 2.13. The lowest BCUT2D eigenvalue weighted by Gasteiger charge is -2.31. The van der Waals surface area contributed by atoms with Crippen molar-refractivity contribution in [3.8, 4) is 0 Å². The van der Waals surface area contributed by atoms with E-state index in [9.17, 15) is 9.18 Å². The molecule has 3 N–H and O–H groups in total. The fourth-order valence-corrected chi connectivity index (χ4v) is 3.09. The lowest BCUT2D eigenvalue weighted by molar-refractivity contribution is 0.0908.